The molecule has 2 fully saturated rings. The first-order chi connectivity index (χ1) is 16.2. The van der Waals surface area contributed by atoms with Crippen LogP contribution in [-0.2, 0) is 0 Å². The zero-order valence-corrected chi connectivity index (χ0v) is 18.7. The largest absolute Gasteiger partial charge is 0.507 e. The Labute approximate surface area is 196 Å². The van der Waals surface area contributed by atoms with E-state index in [1.807, 2.05) is 9.80 Å². The van der Waals surface area contributed by atoms with Crippen molar-refractivity contribution in [2.24, 2.45) is 23.1 Å². The molecule has 0 bridgehead atoms. The molecule has 0 amide bonds. The fourth-order valence-corrected chi connectivity index (χ4v) is 4.39. The molecule has 4 atom stereocenters. The van der Waals surface area contributed by atoms with Gasteiger partial charge in [0.05, 0.1) is 6.10 Å². The fraction of sp³-hybridized carbons (Fsp3) is 0.524. The van der Waals surface area contributed by atoms with Gasteiger partial charge in [-0.25, -0.2) is 4.79 Å². The lowest BCUT2D eigenvalue weighted by Gasteiger charge is -2.37. The number of benzene rings is 1. The molecule has 3 heterocycles. The van der Waals surface area contributed by atoms with Gasteiger partial charge >= 0.3 is 5.97 Å². The molecular formula is C21H31N9O4. The molecular weight excluding hydrogens is 442 g/mol. The molecule has 1 aromatic heterocycles. The average Bonchev–Trinajstić information content (AvgIpc) is 2.78. The van der Waals surface area contributed by atoms with E-state index in [4.69, 9.17) is 22.3 Å². The SMILES string of the molecule is NC[C@@H]1CN(c2nc(Nc3ccc(C(=O)O)c(O)c3)nc(N3C[C@H](N)C[C@H](N)C3)n2)CC[C@@H]1O. The van der Waals surface area contributed by atoms with Gasteiger partial charge in [-0.2, -0.15) is 15.0 Å². The van der Waals surface area contributed by atoms with Gasteiger partial charge in [0.15, 0.2) is 0 Å². The summed E-state index contributed by atoms with van der Waals surface area (Å²) in [6.45, 7) is 2.46. The van der Waals surface area contributed by atoms with Gasteiger partial charge in [-0.05, 0) is 31.5 Å². The van der Waals surface area contributed by atoms with E-state index in [-0.39, 0.29) is 35.3 Å². The van der Waals surface area contributed by atoms with Crippen molar-refractivity contribution < 1.29 is 20.1 Å². The maximum absolute atomic E-state index is 11.2. The summed E-state index contributed by atoms with van der Waals surface area (Å²) >= 11 is 0. The number of piperidine rings is 2. The highest BCUT2D eigenvalue weighted by molar-refractivity contribution is 5.91. The number of aromatic nitrogens is 3. The Balaban J connectivity index is 1.67. The minimum absolute atomic E-state index is 0.109. The van der Waals surface area contributed by atoms with Gasteiger partial charge in [0.1, 0.15) is 11.3 Å². The Hall–Kier alpha value is -3.26. The number of aromatic carboxylic acids is 1. The first kappa shape index (κ1) is 23.9. The molecule has 1 aromatic carbocycles. The van der Waals surface area contributed by atoms with Crippen LogP contribution < -0.4 is 32.3 Å². The molecule has 2 saturated heterocycles. The molecule has 2 aliphatic rings. The monoisotopic (exact) mass is 473 g/mol. The highest BCUT2D eigenvalue weighted by Crippen LogP contribution is 2.27. The molecule has 10 N–H and O–H groups in total. The third-order valence-electron chi connectivity index (χ3n) is 6.17. The Kier molecular flexibility index (Phi) is 6.97. The van der Waals surface area contributed by atoms with E-state index in [2.05, 4.69) is 20.3 Å². The molecule has 2 aromatic rings. The molecule has 0 aliphatic carbocycles. The topological polar surface area (TPSA) is 213 Å². The van der Waals surface area contributed by atoms with Crippen molar-refractivity contribution in [3.63, 3.8) is 0 Å². The van der Waals surface area contributed by atoms with Crippen molar-refractivity contribution >= 4 is 29.5 Å². The van der Waals surface area contributed by atoms with Crippen molar-refractivity contribution in [1.82, 2.24) is 15.0 Å². The fourth-order valence-electron chi connectivity index (χ4n) is 4.39. The summed E-state index contributed by atoms with van der Waals surface area (Å²) in [6, 6.07) is 3.87. The molecule has 0 unspecified atom stereocenters. The summed E-state index contributed by atoms with van der Waals surface area (Å²) in [5, 5.41) is 32.4. The van der Waals surface area contributed by atoms with Crippen molar-refractivity contribution in [3.05, 3.63) is 23.8 Å². The Morgan fingerprint density at radius 2 is 1.76 bits per heavy atom. The normalized spacial score (nSPS) is 25.3. The quantitative estimate of drug-likeness (QED) is 0.269. The van der Waals surface area contributed by atoms with Crippen LogP contribution in [0.4, 0.5) is 23.5 Å². The van der Waals surface area contributed by atoms with Crippen LogP contribution in [0.15, 0.2) is 18.2 Å². The van der Waals surface area contributed by atoms with Gasteiger partial charge in [0.25, 0.3) is 0 Å². The smallest absolute Gasteiger partial charge is 0.339 e. The number of aliphatic hydroxyl groups excluding tert-OH is 1. The van der Waals surface area contributed by atoms with Gasteiger partial charge in [-0.1, -0.05) is 0 Å². The maximum atomic E-state index is 11.2. The number of rotatable bonds is 6. The van der Waals surface area contributed by atoms with Crippen molar-refractivity contribution in [3.8, 4) is 5.75 Å². The molecule has 184 valence electrons. The van der Waals surface area contributed by atoms with Gasteiger partial charge in [-0.15, -0.1) is 0 Å². The van der Waals surface area contributed by atoms with Crippen LogP contribution in [-0.4, -0.2) is 87.2 Å². The number of anilines is 4. The first-order valence-electron chi connectivity index (χ1n) is 11.2. The molecule has 0 spiro atoms. The minimum Gasteiger partial charge on any atom is -0.507 e. The number of nitrogens with one attached hydrogen (secondary N) is 1. The van der Waals surface area contributed by atoms with E-state index in [0.29, 0.717) is 63.1 Å². The summed E-state index contributed by atoms with van der Waals surface area (Å²) in [6.07, 6.45) is 0.765. The van der Waals surface area contributed by atoms with Crippen LogP contribution in [0.25, 0.3) is 0 Å². The zero-order valence-electron chi connectivity index (χ0n) is 18.7. The van der Waals surface area contributed by atoms with Crippen molar-refractivity contribution in [2.45, 2.75) is 31.0 Å². The standard InChI is InChI=1S/C21H31N9O4/c22-7-11-8-29(4-3-16(11)31)20-26-19(25-14-1-2-15(18(33)34)17(32)6-14)27-21(28-20)30-9-12(23)5-13(24)10-30/h1-2,6,11-13,16,31-32H,3-5,7-10,22-24H2,(H,33,34)(H,25,26,27,28)/t11-,12-,13+,16+/m1/s1. The van der Waals surface area contributed by atoms with Crippen LogP contribution in [0.3, 0.4) is 0 Å². The van der Waals surface area contributed by atoms with Crippen LogP contribution in [0.2, 0.25) is 0 Å². The number of aliphatic hydroxyl groups is 1. The lowest BCUT2D eigenvalue weighted by Crippen LogP contribution is -2.53. The number of carboxylic acid groups (broad SMARTS) is 1. The number of carbonyl (C=O) groups is 1. The van der Waals surface area contributed by atoms with E-state index < -0.39 is 12.1 Å². The van der Waals surface area contributed by atoms with Crippen LogP contribution in [0.1, 0.15) is 23.2 Å². The predicted octanol–water partition coefficient (Wildman–Crippen LogP) is -0.970. The molecule has 2 aliphatic heterocycles. The molecule has 34 heavy (non-hydrogen) atoms. The van der Waals surface area contributed by atoms with E-state index in [1.54, 1.807) is 0 Å². The second-order valence-electron chi connectivity index (χ2n) is 8.88. The van der Waals surface area contributed by atoms with E-state index in [9.17, 15) is 15.0 Å². The molecule has 13 heteroatoms. The summed E-state index contributed by atoms with van der Waals surface area (Å²) < 4.78 is 0. The summed E-state index contributed by atoms with van der Waals surface area (Å²) in [4.78, 5) is 28.8. The highest BCUT2D eigenvalue weighted by Gasteiger charge is 2.30. The Bertz CT molecular complexity index is 1030. The molecule has 4 rings (SSSR count). The third-order valence-corrected chi connectivity index (χ3v) is 6.17. The van der Waals surface area contributed by atoms with Crippen LogP contribution >= 0.6 is 0 Å². The second-order valence-corrected chi connectivity index (χ2v) is 8.88. The molecule has 0 saturated carbocycles. The van der Waals surface area contributed by atoms with Crippen LogP contribution in [0.5, 0.6) is 5.75 Å². The van der Waals surface area contributed by atoms with E-state index >= 15 is 0 Å². The number of hydrogen-bond acceptors (Lipinski definition) is 12. The van der Waals surface area contributed by atoms with Gasteiger partial charge in [-0.3, -0.25) is 0 Å². The summed E-state index contributed by atoms with van der Waals surface area (Å²) in [5.74, 6) is -0.686. The molecule has 0 radical (unpaired) electrons. The second kappa shape index (κ2) is 9.93. The number of nitrogens with two attached hydrogens (primary N) is 3. The number of nitrogens with zero attached hydrogens (tertiary/aromatic N) is 5. The lowest BCUT2D eigenvalue weighted by atomic mass is 9.95. The maximum Gasteiger partial charge on any atom is 0.339 e. The van der Waals surface area contributed by atoms with Crippen molar-refractivity contribution in [1.29, 1.82) is 0 Å². The number of hydrogen-bond donors (Lipinski definition) is 7. The van der Waals surface area contributed by atoms with E-state index in [1.165, 1.54) is 18.2 Å². The minimum atomic E-state index is -1.23. The van der Waals surface area contributed by atoms with Gasteiger partial charge in [0.2, 0.25) is 17.8 Å². The van der Waals surface area contributed by atoms with Crippen LogP contribution in [0, 0.1) is 5.92 Å². The van der Waals surface area contributed by atoms with Gasteiger partial charge < -0.3 is 47.6 Å². The average molecular weight is 474 g/mol. The third kappa shape index (κ3) is 5.28. The number of aromatic hydroxyl groups is 1. The first-order valence-corrected chi connectivity index (χ1v) is 11.2. The Morgan fingerprint density at radius 3 is 2.38 bits per heavy atom. The predicted molar refractivity (Wildman–Crippen MR) is 126 cm³/mol. The summed E-state index contributed by atoms with van der Waals surface area (Å²) in [5.41, 5.74) is 18.4. The highest BCUT2D eigenvalue weighted by atomic mass is 16.4. The molecule has 13 nitrogen and oxygen atoms in total. The number of phenols is 1. The van der Waals surface area contributed by atoms with Crippen molar-refractivity contribution in [2.75, 3.05) is 47.8 Å². The zero-order chi connectivity index (χ0) is 24.4. The summed E-state index contributed by atoms with van der Waals surface area (Å²) in [7, 11) is 0. The van der Waals surface area contributed by atoms with E-state index in [0.717, 1.165) is 0 Å². The number of carboxylic acids is 1. The van der Waals surface area contributed by atoms with Gasteiger partial charge in [0, 0.05) is 55.9 Å². The Morgan fingerprint density at radius 1 is 1.09 bits per heavy atom. The lowest BCUT2D eigenvalue weighted by molar-refractivity contribution is 0.0693.